The van der Waals surface area contributed by atoms with Gasteiger partial charge < -0.3 is 5.32 Å². The van der Waals surface area contributed by atoms with Crippen molar-refractivity contribution in [1.29, 1.82) is 0 Å². The summed E-state index contributed by atoms with van der Waals surface area (Å²) in [6, 6.07) is 20.4. The summed E-state index contributed by atoms with van der Waals surface area (Å²) in [6.45, 7) is 1.77. The van der Waals surface area contributed by atoms with Crippen LogP contribution in [-0.2, 0) is 10.0 Å². The fourth-order valence-corrected chi connectivity index (χ4v) is 4.81. The van der Waals surface area contributed by atoms with Crippen molar-refractivity contribution < 1.29 is 8.42 Å². The summed E-state index contributed by atoms with van der Waals surface area (Å²) in [4.78, 5) is 4.76. The molecule has 0 radical (unpaired) electrons. The molecule has 3 aromatic carbocycles. The average molecular weight is 474 g/mol. The van der Waals surface area contributed by atoms with Gasteiger partial charge in [-0.25, -0.2) is 0 Å². The molecule has 4 rings (SSSR count). The Hall–Kier alpha value is -2.29. The van der Waals surface area contributed by atoms with E-state index in [9.17, 15) is 8.42 Å². The van der Waals surface area contributed by atoms with Crippen LogP contribution >= 0.6 is 27.7 Å². The van der Waals surface area contributed by atoms with Gasteiger partial charge in [0, 0.05) is 14.3 Å². The lowest BCUT2D eigenvalue weighted by atomic mass is 10.1. The second-order valence-corrected chi connectivity index (χ2v) is 9.84. The molecular weight excluding hydrogens is 458 g/mol. The van der Waals surface area contributed by atoms with Gasteiger partial charge in [0.1, 0.15) is 0 Å². The van der Waals surface area contributed by atoms with Crippen molar-refractivity contribution in [1.82, 2.24) is 4.83 Å². The van der Waals surface area contributed by atoms with Gasteiger partial charge in [0.15, 0.2) is 0 Å². The third-order valence-electron chi connectivity index (χ3n) is 4.23. The highest BCUT2D eigenvalue weighted by Gasteiger charge is 2.16. The van der Waals surface area contributed by atoms with Crippen molar-refractivity contribution in [3.63, 3.8) is 0 Å². The van der Waals surface area contributed by atoms with E-state index < -0.39 is 10.0 Å². The summed E-state index contributed by atoms with van der Waals surface area (Å²) < 4.78 is 25.6. The van der Waals surface area contributed by atoms with Crippen LogP contribution < -0.4 is 10.1 Å². The minimum Gasteiger partial charge on any atom is -0.354 e. The number of nitrogens with one attached hydrogen (secondary N) is 2. The molecule has 0 unspecified atom stereocenters. The van der Waals surface area contributed by atoms with Crippen LogP contribution in [0.3, 0.4) is 0 Å². The first-order chi connectivity index (χ1) is 13.4. The van der Waals surface area contributed by atoms with Gasteiger partial charge in [-0.1, -0.05) is 45.9 Å². The van der Waals surface area contributed by atoms with Crippen LogP contribution in [0.1, 0.15) is 12.5 Å². The van der Waals surface area contributed by atoms with E-state index in [1.807, 2.05) is 36.4 Å². The average Bonchev–Trinajstić information content (AvgIpc) is 2.70. The van der Waals surface area contributed by atoms with Crippen molar-refractivity contribution in [3.8, 4) is 0 Å². The Morgan fingerprint density at radius 1 is 1.00 bits per heavy atom. The van der Waals surface area contributed by atoms with E-state index in [4.69, 9.17) is 0 Å². The molecule has 2 N–H and O–H groups in total. The summed E-state index contributed by atoms with van der Waals surface area (Å²) >= 11 is 5.00. The third-order valence-corrected chi connectivity index (χ3v) is 7.14. The molecule has 1 heterocycles. The minimum atomic E-state index is -3.72. The van der Waals surface area contributed by atoms with E-state index in [2.05, 4.69) is 37.2 Å². The first kappa shape index (κ1) is 19.0. The molecule has 0 saturated carbocycles. The van der Waals surface area contributed by atoms with E-state index in [0.717, 1.165) is 26.3 Å². The quantitative estimate of drug-likeness (QED) is 0.309. The standard InChI is InChI=1S/C20H16BrN3O2S2/c1-13(23-24-28(25,26)16-9-7-15(21)8-10-16)14-6-11-20-18(12-14)22-17-4-2-3-5-19(17)27-20/h2-12,22,24H,1H3. The second kappa shape index (κ2) is 7.62. The number of benzene rings is 3. The molecule has 5 nitrogen and oxygen atoms in total. The Morgan fingerprint density at radius 2 is 1.71 bits per heavy atom. The number of hydrogen-bond donors (Lipinski definition) is 2. The molecule has 0 amide bonds. The summed E-state index contributed by atoms with van der Waals surface area (Å²) in [6.07, 6.45) is 0. The van der Waals surface area contributed by atoms with Crippen molar-refractivity contribution in [2.75, 3.05) is 5.32 Å². The Kier molecular flexibility index (Phi) is 5.18. The van der Waals surface area contributed by atoms with Crippen LogP contribution in [0, 0.1) is 0 Å². The molecule has 1 aliphatic heterocycles. The highest BCUT2D eigenvalue weighted by Crippen LogP contribution is 2.44. The molecular formula is C20H16BrN3O2S2. The zero-order valence-corrected chi connectivity index (χ0v) is 18.0. The zero-order chi connectivity index (χ0) is 19.7. The second-order valence-electron chi connectivity index (χ2n) is 6.18. The topological polar surface area (TPSA) is 70.6 Å². The maximum atomic E-state index is 12.4. The number of sulfonamides is 1. The highest BCUT2D eigenvalue weighted by atomic mass is 79.9. The van der Waals surface area contributed by atoms with Crippen LogP contribution in [0.15, 0.2) is 91.0 Å². The van der Waals surface area contributed by atoms with Gasteiger partial charge in [-0.15, -0.1) is 0 Å². The monoisotopic (exact) mass is 473 g/mol. The minimum absolute atomic E-state index is 0.160. The van der Waals surface area contributed by atoms with Gasteiger partial charge in [-0.2, -0.15) is 18.4 Å². The largest absolute Gasteiger partial charge is 0.354 e. The number of fused-ring (bicyclic) bond motifs is 2. The van der Waals surface area contributed by atoms with E-state index >= 15 is 0 Å². The molecule has 0 fully saturated rings. The van der Waals surface area contributed by atoms with E-state index in [0.29, 0.717) is 5.71 Å². The predicted molar refractivity (Wildman–Crippen MR) is 117 cm³/mol. The van der Waals surface area contributed by atoms with Gasteiger partial charge in [0.25, 0.3) is 10.0 Å². The van der Waals surface area contributed by atoms with Crippen LogP contribution in [0.4, 0.5) is 11.4 Å². The zero-order valence-electron chi connectivity index (χ0n) is 14.8. The lowest BCUT2D eigenvalue weighted by Crippen LogP contribution is -2.20. The molecule has 0 bridgehead atoms. The number of hydrazone groups is 1. The number of nitrogens with zero attached hydrogens (tertiary/aromatic N) is 1. The lowest BCUT2D eigenvalue weighted by molar-refractivity contribution is 0.584. The number of para-hydroxylation sites is 1. The highest BCUT2D eigenvalue weighted by molar-refractivity contribution is 9.10. The molecule has 142 valence electrons. The molecule has 0 saturated heterocycles. The lowest BCUT2D eigenvalue weighted by Gasteiger charge is -2.21. The summed E-state index contributed by atoms with van der Waals surface area (Å²) in [5.74, 6) is 0. The fraction of sp³-hybridized carbons (Fsp3) is 0.0500. The first-order valence-corrected chi connectivity index (χ1v) is 11.5. The van der Waals surface area contributed by atoms with Gasteiger partial charge in [0.05, 0.1) is 22.0 Å². The Labute approximate surface area is 176 Å². The molecule has 1 aliphatic rings. The van der Waals surface area contributed by atoms with Gasteiger partial charge in [-0.3, -0.25) is 0 Å². The normalized spacial score (nSPS) is 13.3. The van der Waals surface area contributed by atoms with E-state index in [1.54, 1.807) is 30.8 Å². The van der Waals surface area contributed by atoms with Crippen molar-refractivity contribution >= 4 is 54.8 Å². The van der Waals surface area contributed by atoms with Gasteiger partial charge >= 0.3 is 0 Å². The number of halogens is 1. The third kappa shape index (κ3) is 3.94. The maximum absolute atomic E-state index is 12.4. The van der Waals surface area contributed by atoms with Crippen molar-refractivity contribution in [3.05, 3.63) is 76.8 Å². The molecule has 0 atom stereocenters. The van der Waals surface area contributed by atoms with Crippen LogP contribution in [0.25, 0.3) is 0 Å². The van der Waals surface area contributed by atoms with Crippen LogP contribution in [0.2, 0.25) is 0 Å². The molecule has 8 heteroatoms. The smallest absolute Gasteiger partial charge is 0.276 e. The Balaban J connectivity index is 1.56. The van der Waals surface area contributed by atoms with E-state index in [-0.39, 0.29) is 4.90 Å². The first-order valence-electron chi connectivity index (χ1n) is 8.42. The maximum Gasteiger partial charge on any atom is 0.276 e. The molecule has 0 aliphatic carbocycles. The Morgan fingerprint density at radius 3 is 2.50 bits per heavy atom. The number of anilines is 2. The predicted octanol–water partition coefficient (Wildman–Crippen LogP) is 5.36. The molecule has 28 heavy (non-hydrogen) atoms. The molecule has 3 aromatic rings. The SMILES string of the molecule is CC(=NNS(=O)(=O)c1ccc(Br)cc1)c1ccc2c(c1)Nc1ccccc1S2. The fourth-order valence-electron chi connectivity index (χ4n) is 2.72. The number of rotatable bonds is 4. The molecule has 0 spiro atoms. The van der Waals surface area contributed by atoms with E-state index in [1.165, 1.54) is 17.0 Å². The number of hydrogen-bond acceptors (Lipinski definition) is 5. The van der Waals surface area contributed by atoms with Crippen molar-refractivity contribution in [2.45, 2.75) is 21.6 Å². The molecule has 0 aromatic heterocycles. The van der Waals surface area contributed by atoms with Crippen molar-refractivity contribution in [2.24, 2.45) is 5.10 Å². The van der Waals surface area contributed by atoms with Gasteiger partial charge in [-0.05, 0) is 61.0 Å². The summed E-state index contributed by atoms with van der Waals surface area (Å²) in [5.41, 5.74) is 3.45. The summed E-state index contributed by atoms with van der Waals surface area (Å²) in [7, 11) is -3.72. The van der Waals surface area contributed by atoms with Gasteiger partial charge in [0.2, 0.25) is 0 Å². The summed E-state index contributed by atoms with van der Waals surface area (Å²) in [5, 5.41) is 7.51. The van der Waals surface area contributed by atoms with Crippen LogP contribution in [-0.4, -0.2) is 14.1 Å². The van der Waals surface area contributed by atoms with Crippen LogP contribution in [0.5, 0.6) is 0 Å². The Bertz CT molecular complexity index is 1180.